The van der Waals surface area contributed by atoms with Crippen LogP contribution in [0.25, 0.3) is 11.2 Å². The summed E-state index contributed by atoms with van der Waals surface area (Å²) < 4.78 is 38.3. The number of carbonyl (C=O) groups is 2. The smallest absolute Gasteiger partial charge is 0.438 e. The Hall–Kier alpha value is -2.84. The molecule has 0 saturated carbocycles. The lowest BCUT2D eigenvalue weighted by Crippen LogP contribution is -2.18. The number of aromatic amines is 1. The first-order valence-corrected chi connectivity index (χ1v) is 10.7. The number of anilines is 1. The molecule has 0 spiro atoms. The fourth-order valence-electron chi connectivity index (χ4n) is 2.34. The van der Waals surface area contributed by atoms with E-state index in [9.17, 15) is 24.1 Å². The first-order chi connectivity index (χ1) is 15.1. The largest absolute Gasteiger partial charge is 0.480 e. The number of fused-ring (bicyclic) bond motifs is 1. The van der Waals surface area contributed by atoms with Gasteiger partial charge in [0.2, 0.25) is 19.5 Å². The number of phosphoric ester groups is 1. The second kappa shape index (κ2) is 11.7. The van der Waals surface area contributed by atoms with Gasteiger partial charge in [-0.25, -0.2) is 18.6 Å². The molecule has 178 valence electrons. The number of aliphatic hydroxyl groups excluding tert-OH is 1. The van der Waals surface area contributed by atoms with Crippen LogP contribution in [0, 0.1) is 5.92 Å². The number of phosphoric acid groups is 1. The molecule has 0 amide bonds. The number of aliphatic hydroxyl groups is 1. The molecule has 2 heterocycles. The molecule has 16 heteroatoms. The number of nitrogen functional groups attached to an aromatic ring is 1. The molecule has 2 aromatic heterocycles. The van der Waals surface area contributed by atoms with Crippen LogP contribution in [0.1, 0.15) is 20.3 Å². The quantitative estimate of drug-likeness (QED) is 0.196. The Morgan fingerprint density at radius 3 is 2.41 bits per heavy atom. The van der Waals surface area contributed by atoms with Gasteiger partial charge in [0.25, 0.3) is 5.56 Å². The van der Waals surface area contributed by atoms with Crippen molar-refractivity contribution in [2.75, 3.05) is 32.5 Å². The summed E-state index contributed by atoms with van der Waals surface area (Å²) in [5, 5.41) is 9.65. The Kier molecular flexibility index (Phi) is 9.28. The van der Waals surface area contributed by atoms with Gasteiger partial charge in [0.15, 0.2) is 11.2 Å². The van der Waals surface area contributed by atoms with E-state index in [0.717, 1.165) is 13.8 Å². The van der Waals surface area contributed by atoms with Crippen LogP contribution < -0.4 is 11.3 Å². The first-order valence-electron chi connectivity index (χ1n) is 9.25. The van der Waals surface area contributed by atoms with Gasteiger partial charge < -0.3 is 24.9 Å². The van der Waals surface area contributed by atoms with Crippen LogP contribution in [0.5, 0.6) is 0 Å². The highest BCUT2D eigenvalue weighted by atomic mass is 31.2. The molecule has 0 aromatic carbocycles. The number of carbonyl (C=O) groups excluding carboxylic acids is 2. The predicted octanol–water partition coefficient (Wildman–Crippen LogP) is -0.100. The van der Waals surface area contributed by atoms with Crippen molar-refractivity contribution in [3.8, 4) is 0 Å². The first kappa shape index (κ1) is 25.4. The second-order valence-electron chi connectivity index (χ2n) is 6.41. The predicted molar refractivity (Wildman–Crippen MR) is 107 cm³/mol. The summed E-state index contributed by atoms with van der Waals surface area (Å²) in [4.78, 5) is 43.9. The van der Waals surface area contributed by atoms with Gasteiger partial charge in [-0.1, -0.05) is 0 Å². The van der Waals surface area contributed by atoms with E-state index >= 15 is 0 Å². The summed E-state index contributed by atoms with van der Waals surface area (Å²) in [6.07, 6.45) is 1.70. The number of hydrogen-bond donors (Lipinski definition) is 3. The molecule has 0 aliphatic carbocycles. The monoisotopic (exact) mass is 477 g/mol. The molecule has 0 unspecified atom stereocenters. The van der Waals surface area contributed by atoms with E-state index in [1.54, 1.807) is 4.57 Å². The molecule has 4 N–H and O–H groups in total. The van der Waals surface area contributed by atoms with Crippen molar-refractivity contribution in [2.24, 2.45) is 5.92 Å². The molecule has 0 fully saturated rings. The molecular weight excluding hydrogens is 453 g/mol. The van der Waals surface area contributed by atoms with Crippen molar-refractivity contribution in [1.29, 1.82) is 0 Å². The molecule has 0 saturated heterocycles. The fraction of sp³-hybridized carbons (Fsp3) is 0.562. The maximum absolute atomic E-state index is 12.7. The number of H-pyrrole nitrogens is 1. The molecule has 0 aliphatic rings. The van der Waals surface area contributed by atoms with Crippen LogP contribution in [-0.2, 0) is 43.7 Å². The molecule has 2 aromatic rings. The summed E-state index contributed by atoms with van der Waals surface area (Å²) in [5.41, 5.74) is 5.45. The summed E-state index contributed by atoms with van der Waals surface area (Å²) in [6, 6.07) is 0. The van der Waals surface area contributed by atoms with E-state index < -0.39 is 44.8 Å². The van der Waals surface area contributed by atoms with Gasteiger partial charge in [-0.05, 0) is 6.42 Å². The van der Waals surface area contributed by atoms with Gasteiger partial charge in [0, 0.05) is 32.9 Å². The lowest BCUT2D eigenvalue weighted by molar-refractivity contribution is -0.151. The number of nitrogens with zero attached hydrogens (tertiary/aromatic N) is 3. The Balaban J connectivity index is 1.98. The number of aryl methyl sites for hydroxylation is 1. The van der Waals surface area contributed by atoms with Gasteiger partial charge >= 0.3 is 19.8 Å². The number of nitrogens with two attached hydrogens (primary N) is 1. The Labute approximate surface area is 181 Å². The van der Waals surface area contributed by atoms with Crippen molar-refractivity contribution in [2.45, 2.75) is 26.8 Å². The van der Waals surface area contributed by atoms with Gasteiger partial charge in [-0.2, -0.15) is 4.98 Å². The molecule has 1 atom stereocenters. The summed E-state index contributed by atoms with van der Waals surface area (Å²) in [6.45, 7) is 0.430. The molecule has 0 aliphatic heterocycles. The van der Waals surface area contributed by atoms with Gasteiger partial charge in [-0.3, -0.25) is 23.9 Å². The minimum atomic E-state index is -4.29. The fourth-order valence-corrected chi connectivity index (χ4v) is 3.32. The topological polar surface area (TPSA) is 207 Å². The van der Waals surface area contributed by atoms with E-state index in [1.165, 1.54) is 6.33 Å². The zero-order valence-electron chi connectivity index (χ0n) is 17.4. The molecule has 0 radical (unpaired) electrons. The number of nitrogens with one attached hydrogen (secondary N) is 1. The third-order valence-corrected chi connectivity index (χ3v) is 5.25. The zero-order valence-corrected chi connectivity index (χ0v) is 18.3. The van der Waals surface area contributed by atoms with Crippen molar-refractivity contribution < 1.29 is 42.3 Å². The Bertz CT molecular complexity index is 1010. The van der Waals surface area contributed by atoms with Crippen LogP contribution in [0.15, 0.2) is 11.1 Å². The number of aromatic nitrogens is 4. The van der Waals surface area contributed by atoms with E-state index in [-0.39, 0.29) is 36.9 Å². The number of rotatable bonds is 13. The number of hydrogen-bond acceptors (Lipinski definition) is 13. The Morgan fingerprint density at radius 2 is 1.84 bits per heavy atom. The van der Waals surface area contributed by atoms with Crippen molar-refractivity contribution in [3.05, 3.63) is 16.7 Å². The Morgan fingerprint density at radius 1 is 1.22 bits per heavy atom. The van der Waals surface area contributed by atoms with Crippen molar-refractivity contribution in [1.82, 2.24) is 19.5 Å². The van der Waals surface area contributed by atoms with Crippen LogP contribution >= 0.6 is 7.82 Å². The van der Waals surface area contributed by atoms with Gasteiger partial charge in [0.1, 0.15) is 0 Å². The average molecular weight is 477 g/mol. The van der Waals surface area contributed by atoms with Crippen LogP contribution in [0.4, 0.5) is 5.95 Å². The summed E-state index contributed by atoms with van der Waals surface area (Å²) >= 11 is 0. The van der Waals surface area contributed by atoms with E-state index in [0.29, 0.717) is 6.42 Å². The molecular formula is C16H24N5O10P. The second-order valence-corrected chi connectivity index (χ2v) is 8.08. The number of ether oxygens (including phenoxy) is 2. The molecule has 2 rings (SSSR count). The third kappa shape index (κ3) is 7.69. The van der Waals surface area contributed by atoms with Crippen molar-refractivity contribution in [3.63, 3.8) is 0 Å². The lowest BCUT2D eigenvalue weighted by Gasteiger charge is -2.20. The standard InChI is InChI=1S/C16H24N5O10P/c1-10(23)27-8-30-32(26,31-9-28-11(2)24)29-6-12(5-22)3-4-21-7-18-13-14(21)19-16(17)20-15(13)25/h7,12,22H,3-6,8-9H2,1-2H3,(H3,17,19,20,25)/t12-/m1/s1. The summed E-state index contributed by atoms with van der Waals surface area (Å²) in [7, 11) is -4.29. The summed E-state index contributed by atoms with van der Waals surface area (Å²) in [5.74, 6) is -1.99. The minimum Gasteiger partial charge on any atom is -0.438 e. The zero-order chi connectivity index (χ0) is 23.7. The molecule has 15 nitrogen and oxygen atoms in total. The van der Waals surface area contributed by atoms with Crippen LogP contribution in [-0.4, -0.2) is 63.4 Å². The van der Waals surface area contributed by atoms with E-state index in [4.69, 9.17) is 19.3 Å². The molecule has 32 heavy (non-hydrogen) atoms. The maximum Gasteiger partial charge on any atom is 0.480 e. The minimum absolute atomic E-state index is 0.0675. The lowest BCUT2D eigenvalue weighted by atomic mass is 10.1. The normalized spacial score (nSPS) is 12.6. The maximum atomic E-state index is 12.7. The third-order valence-electron chi connectivity index (χ3n) is 3.94. The number of imidazole rings is 1. The van der Waals surface area contributed by atoms with E-state index in [1.807, 2.05) is 0 Å². The van der Waals surface area contributed by atoms with Crippen LogP contribution in [0.2, 0.25) is 0 Å². The van der Waals surface area contributed by atoms with Crippen LogP contribution in [0.3, 0.4) is 0 Å². The van der Waals surface area contributed by atoms with Gasteiger partial charge in [0.05, 0.1) is 12.9 Å². The average Bonchev–Trinajstić information content (AvgIpc) is 3.10. The highest BCUT2D eigenvalue weighted by Crippen LogP contribution is 2.49. The van der Waals surface area contributed by atoms with Crippen molar-refractivity contribution >= 4 is 36.9 Å². The number of esters is 2. The van der Waals surface area contributed by atoms with E-state index in [2.05, 4.69) is 24.4 Å². The molecule has 0 bridgehead atoms. The highest BCUT2D eigenvalue weighted by Gasteiger charge is 2.29. The van der Waals surface area contributed by atoms with Gasteiger partial charge in [-0.15, -0.1) is 0 Å². The SMILES string of the molecule is CC(=O)OCOP(=O)(OCOC(C)=O)OC[C@@H](CO)CCn1cnc2c(=O)[nH]c(N)nc21. The highest BCUT2D eigenvalue weighted by molar-refractivity contribution is 7.48.